The third-order valence-corrected chi connectivity index (χ3v) is 20.7. The van der Waals surface area contributed by atoms with Crippen LogP contribution < -0.4 is 21.3 Å². The zero-order valence-electron chi connectivity index (χ0n) is 61.7. The molecular formula is C56H86N4O57S4. The summed E-state index contributed by atoms with van der Waals surface area (Å²) in [4.78, 5) is 102. The Balaban J connectivity index is 1.03. The molecule has 0 saturated carbocycles. The average molecular weight is 1860 g/mol. The fourth-order valence-corrected chi connectivity index (χ4v) is 14.8. The largest absolute Gasteiger partial charge is 0.479 e. The van der Waals surface area contributed by atoms with E-state index in [4.69, 9.17) is 75.6 Å². The maximum atomic E-state index is 13.3. The van der Waals surface area contributed by atoms with E-state index in [-0.39, 0.29) is 0 Å². The van der Waals surface area contributed by atoms with Gasteiger partial charge in [0.25, 0.3) is 0 Å². The first kappa shape index (κ1) is 100. The van der Waals surface area contributed by atoms with E-state index in [1.165, 1.54) is 0 Å². The number of aliphatic carboxylic acids is 4. The molecule has 8 heterocycles. The van der Waals surface area contributed by atoms with Gasteiger partial charge in [0.2, 0.25) is 23.6 Å². The van der Waals surface area contributed by atoms with Gasteiger partial charge in [-0.25, -0.2) is 35.9 Å². The van der Waals surface area contributed by atoms with Gasteiger partial charge in [0.15, 0.2) is 74.7 Å². The molecule has 121 heavy (non-hydrogen) atoms. The normalized spacial score (nSPS) is 42.7. The molecular weight excluding hydrogens is 1770 g/mol. The fraction of sp³-hybridized carbons (Fsp3) is 0.857. The quantitative estimate of drug-likeness (QED) is 0.0266. The Labute approximate surface area is 677 Å². The Morgan fingerprint density at radius 2 is 0.463 bits per heavy atom. The third-order valence-electron chi connectivity index (χ3n) is 18.9. The molecule has 0 bridgehead atoms. The highest BCUT2D eigenvalue weighted by atomic mass is 32.3. The van der Waals surface area contributed by atoms with E-state index in [1.807, 2.05) is 5.32 Å². The zero-order chi connectivity index (χ0) is 90.8. The highest BCUT2D eigenvalue weighted by Gasteiger charge is 2.63. The van der Waals surface area contributed by atoms with Crippen molar-refractivity contribution in [3.8, 4) is 0 Å². The molecule has 0 unspecified atom stereocenters. The Morgan fingerprint density at radius 1 is 0.256 bits per heavy atom. The van der Waals surface area contributed by atoms with Crippen molar-refractivity contribution >= 4 is 89.1 Å². The smallest absolute Gasteiger partial charge is 0.397 e. The topological polar surface area (TPSA) is 942 Å². The second-order valence-corrected chi connectivity index (χ2v) is 31.9. The van der Waals surface area contributed by atoms with E-state index in [2.05, 4.69) is 32.7 Å². The molecule has 8 rings (SSSR count). The highest BCUT2D eigenvalue weighted by Crippen LogP contribution is 2.40. The molecule has 61 nitrogen and oxygen atoms in total. The number of aliphatic hydroxyl groups excluding tert-OH is 14. The van der Waals surface area contributed by atoms with Crippen molar-refractivity contribution in [3.63, 3.8) is 0 Å². The molecule has 26 N–H and O–H groups in total. The Hall–Kier alpha value is -5.92. The lowest BCUT2D eigenvalue weighted by Crippen LogP contribution is -2.71. The lowest BCUT2D eigenvalue weighted by Gasteiger charge is -2.50. The van der Waals surface area contributed by atoms with Crippen LogP contribution in [0.25, 0.3) is 0 Å². The van der Waals surface area contributed by atoms with Gasteiger partial charge in [-0.2, -0.15) is 33.7 Å². The van der Waals surface area contributed by atoms with Gasteiger partial charge in [0.1, 0.15) is 171 Å². The van der Waals surface area contributed by atoms with Crippen LogP contribution in [0.4, 0.5) is 0 Å². The predicted molar refractivity (Wildman–Crippen MR) is 355 cm³/mol. The number of amides is 4. The van der Waals surface area contributed by atoms with Gasteiger partial charge in [-0.15, -0.1) is 0 Å². The van der Waals surface area contributed by atoms with Gasteiger partial charge < -0.3 is 184 Å². The van der Waals surface area contributed by atoms with Gasteiger partial charge in [-0.1, -0.05) is 0 Å². The molecule has 8 aliphatic rings. The summed E-state index contributed by atoms with van der Waals surface area (Å²) in [6, 6.07) is -8.86. The minimum atomic E-state index is -5.71. The summed E-state index contributed by atoms with van der Waals surface area (Å²) in [5.41, 5.74) is 0. The number of carboxylic acids is 4. The van der Waals surface area contributed by atoms with Crippen molar-refractivity contribution in [3.05, 3.63) is 0 Å². The molecule has 0 aromatic heterocycles. The Kier molecular flexibility index (Phi) is 33.9. The third kappa shape index (κ3) is 25.3. The number of carbonyl (C=O) groups is 8. The standard InChI is InChI=1S/C56H86N4O57S4/c1-9(61)57-17-22(66)21(65)13(5-99-118(87,88)89)103-50(17)112-38-27(71)31(75)54(115-42(38)46(80)81)109-35-15(7-101-120(93,94)95)105-52(19(24(35)68)59-11(3)63)114-40-29(73)33(77)56(117-44(40)48(84)85)110-36-16(8-102-121(96,97)98)106-53(20(25(36)69)60-12(4)64)113-39-28(72)32(76)55(116-43(39)47(82)83)108-34-14(6-100-119(90,91)92)104-51(18(23(34)67)58-10(2)62)111-37-26(70)30(74)49(86)107-41(37)45(78)79/h13-44,49-56,65-77,86H,5-8H2,1-4H3,(H,57,61)(H,58,62)(H,59,63)(H,60,64)(H,78,79)(H,80,81)(H,82,83)(H,84,85)(H,87,88,89)(H,90,91,92)(H,93,94,95)(H,96,97,98)/t13-,14-,15-,16-,17-,18-,19-,20-,21-,22-,23-,24-,25-,26-,27-,28-,29-,30-,31-,32-,33-,34-,35-,36-,37+,38+,39+,40+,41+,42+,43-,44-,49-,50-,51-,52-,53-,54-,55+,56+/m1/s1. The molecule has 40 atom stereocenters. The first-order chi connectivity index (χ1) is 55.9. The molecule has 0 spiro atoms. The molecule has 8 fully saturated rings. The SMILES string of the molecule is CC(=O)N[C@H]1[C@@H](O[C@H]2[C@H](O)[C@@H](O)[C@@H](O[C@H]3[C@H](O)[C@@H](NC(C)=O)[C@@H](O[C@H]4[C@H](O)[C@@H](O)[C@@H](O[C@H]5[C@H](O)[C@@H](NC(C)=O)[C@@H](O[C@H]6[C@H](O)[C@@H](O)[C@H](O)O[C@@H]6C(=O)O)O[C@@H]5COS(=O)(=O)O)O[C@H]4C(=O)O)O[C@@H]3COS(=O)(=O)O)O[C@H]2C(=O)O)O[C@H](COS(=O)(=O)O)[C@@H](O[C@@H]2O[C@H](C(=O)O)[C@@H](O[C@H]3O[C@H](COS(=O)(=O)O)[C@@H](O)[C@H](O)[C@H]3NC(C)=O)[C@H](O)[C@H]2O)[C@@H]1O. The summed E-state index contributed by atoms with van der Waals surface area (Å²) >= 11 is 0. The zero-order valence-corrected chi connectivity index (χ0v) is 64.9. The second-order valence-electron chi connectivity index (χ2n) is 27.6. The molecule has 0 aromatic rings. The van der Waals surface area contributed by atoms with Crippen LogP contribution in [0.2, 0.25) is 0 Å². The number of hydrogen-bond donors (Lipinski definition) is 26. The fourth-order valence-electron chi connectivity index (χ4n) is 13.6. The van der Waals surface area contributed by atoms with Crippen LogP contribution in [0.3, 0.4) is 0 Å². The summed E-state index contributed by atoms with van der Waals surface area (Å²) in [6.07, 6.45) is -92.0. The van der Waals surface area contributed by atoms with Gasteiger partial charge in [0, 0.05) is 27.7 Å². The summed E-state index contributed by atoms with van der Waals surface area (Å²) in [5.74, 6) is -13.2. The molecule has 0 aromatic carbocycles. The van der Waals surface area contributed by atoms with Crippen LogP contribution in [0.5, 0.6) is 0 Å². The number of nitrogens with one attached hydrogen (secondary N) is 4. The van der Waals surface area contributed by atoms with E-state index in [9.17, 15) is 178 Å². The maximum Gasteiger partial charge on any atom is 0.397 e. The number of rotatable bonds is 34. The summed E-state index contributed by atoms with van der Waals surface area (Å²) < 4.78 is 234. The molecule has 0 aliphatic carbocycles. The summed E-state index contributed by atoms with van der Waals surface area (Å²) in [6.45, 7) is -3.08. The Morgan fingerprint density at radius 3 is 0.694 bits per heavy atom. The molecule has 65 heteroatoms. The van der Waals surface area contributed by atoms with Crippen molar-refractivity contribution in [1.82, 2.24) is 21.3 Å². The number of carboxylic acid groups (broad SMARTS) is 4. The van der Waals surface area contributed by atoms with Gasteiger partial charge in [-0.3, -0.25) is 37.4 Å². The Bertz CT molecular complexity index is 4100. The first-order valence-corrected chi connectivity index (χ1v) is 40.2. The van der Waals surface area contributed by atoms with Crippen LogP contribution in [0.1, 0.15) is 27.7 Å². The maximum absolute atomic E-state index is 13.3. The van der Waals surface area contributed by atoms with Gasteiger partial charge in [-0.05, 0) is 0 Å². The minimum absolute atomic E-state index is 0.713. The van der Waals surface area contributed by atoms with Crippen molar-refractivity contribution in [2.24, 2.45) is 0 Å². The van der Waals surface area contributed by atoms with Crippen molar-refractivity contribution < 1.29 is 270 Å². The van der Waals surface area contributed by atoms with Crippen LogP contribution in [-0.4, -0.2) is 463 Å². The van der Waals surface area contributed by atoms with E-state index < -0.39 is 361 Å². The van der Waals surface area contributed by atoms with Gasteiger partial charge in [0.05, 0.1) is 26.4 Å². The summed E-state index contributed by atoms with van der Waals surface area (Å²) in [7, 11) is -22.3. The molecule has 8 saturated heterocycles. The minimum Gasteiger partial charge on any atom is -0.479 e. The molecule has 696 valence electrons. The van der Waals surface area contributed by atoms with Crippen LogP contribution >= 0.6 is 0 Å². The highest BCUT2D eigenvalue weighted by molar-refractivity contribution is 7.81. The molecule has 0 radical (unpaired) electrons. The number of ether oxygens (including phenoxy) is 15. The molecule has 4 amide bonds. The lowest BCUT2D eigenvalue weighted by atomic mass is 9.93. The van der Waals surface area contributed by atoms with Crippen LogP contribution in [0.15, 0.2) is 0 Å². The number of carbonyl (C=O) groups excluding carboxylic acids is 4. The van der Waals surface area contributed by atoms with Crippen molar-refractivity contribution in [2.45, 2.75) is 273 Å². The van der Waals surface area contributed by atoms with Gasteiger partial charge >= 0.3 is 65.5 Å². The molecule has 8 aliphatic heterocycles. The predicted octanol–water partition coefficient (Wildman–Crippen LogP) is -18.2. The van der Waals surface area contributed by atoms with Crippen molar-refractivity contribution in [1.29, 1.82) is 0 Å². The monoisotopic (exact) mass is 1850 g/mol. The van der Waals surface area contributed by atoms with Crippen LogP contribution in [0, 0.1) is 0 Å². The lowest BCUT2D eigenvalue weighted by molar-refractivity contribution is -0.381. The van der Waals surface area contributed by atoms with E-state index in [0.29, 0.717) is 6.92 Å². The van der Waals surface area contributed by atoms with E-state index in [1.54, 1.807) is 0 Å². The van der Waals surface area contributed by atoms with E-state index >= 15 is 0 Å². The van der Waals surface area contributed by atoms with Crippen LogP contribution in [-0.2, 0) is 168 Å². The first-order valence-electron chi connectivity index (χ1n) is 34.7. The number of hydrogen-bond acceptors (Lipinski definition) is 49. The second kappa shape index (κ2) is 40.8. The summed E-state index contributed by atoms with van der Waals surface area (Å²) in [5, 5.41) is 209. The average Bonchev–Trinajstić information content (AvgIpc) is 0.770. The van der Waals surface area contributed by atoms with E-state index in [0.717, 1.165) is 20.8 Å². The number of aliphatic hydroxyl groups is 14. The van der Waals surface area contributed by atoms with Crippen molar-refractivity contribution in [2.75, 3.05) is 26.4 Å².